The van der Waals surface area contributed by atoms with Crippen molar-refractivity contribution in [2.45, 2.75) is 32.7 Å². The van der Waals surface area contributed by atoms with Crippen LogP contribution in [0.5, 0.6) is 0 Å². The molecule has 0 spiro atoms. The Balaban J connectivity index is 1.72. The summed E-state index contributed by atoms with van der Waals surface area (Å²) >= 11 is 0. The zero-order valence-electron chi connectivity index (χ0n) is 12.3. The maximum atomic E-state index is 12.4. The van der Waals surface area contributed by atoms with E-state index in [2.05, 4.69) is 10.5 Å². The van der Waals surface area contributed by atoms with Crippen LogP contribution in [0.3, 0.4) is 0 Å². The highest BCUT2D eigenvalue weighted by atomic mass is 16.5. The molecule has 2 amide bonds. The summed E-state index contributed by atoms with van der Waals surface area (Å²) in [5.74, 6) is 0.768. The van der Waals surface area contributed by atoms with Crippen LogP contribution in [-0.4, -0.2) is 22.6 Å². The topological polar surface area (TPSA) is 58.4 Å². The Morgan fingerprint density at radius 3 is 2.76 bits per heavy atom. The van der Waals surface area contributed by atoms with Gasteiger partial charge >= 0.3 is 6.03 Å². The third kappa shape index (κ3) is 2.91. The van der Waals surface area contributed by atoms with Gasteiger partial charge in [0.1, 0.15) is 0 Å². The molecule has 3 rings (SSSR count). The third-order valence-corrected chi connectivity index (χ3v) is 3.79. The van der Waals surface area contributed by atoms with Crippen LogP contribution in [0.2, 0.25) is 0 Å². The summed E-state index contributed by atoms with van der Waals surface area (Å²) in [6.07, 6.45) is 1.89. The smallest absolute Gasteiger partial charge is 0.322 e. The first kappa shape index (κ1) is 13.7. The van der Waals surface area contributed by atoms with Gasteiger partial charge < -0.3 is 14.7 Å². The van der Waals surface area contributed by atoms with E-state index in [1.165, 1.54) is 5.56 Å². The zero-order valence-corrected chi connectivity index (χ0v) is 12.3. The molecule has 1 aromatic carbocycles. The van der Waals surface area contributed by atoms with Crippen LogP contribution >= 0.6 is 0 Å². The maximum Gasteiger partial charge on any atom is 0.322 e. The Hall–Kier alpha value is -2.30. The third-order valence-electron chi connectivity index (χ3n) is 3.79. The maximum absolute atomic E-state index is 12.4. The molecule has 21 heavy (non-hydrogen) atoms. The summed E-state index contributed by atoms with van der Waals surface area (Å²) in [7, 11) is 0. The summed E-state index contributed by atoms with van der Waals surface area (Å²) in [6, 6.07) is 9.59. The number of aromatic nitrogens is 1. The number of urea groups is 1. The van der Waals surface area contributed by atoms with Crippen LogP contribution in [0, 0.1) is 13.8 Å². The molecule has 2 heterocycles. The van der Waals surface area contributed by atoms with E-state index in [0.29, 0.717) is 0 Å². The van der Waals surface area contributed by atoms with Gasteiger partial charge in [-0.15, -0.1) is 0 Å². The summed E-state index contributed by atoms with van der Waals surface area (Å²) in [4.78, 5) is 14.3. The first-order chi connectivity index (χ1) is 10.1. The molecule has 1 unspecified atom stereocenters. The van der Waals surface area contributed by atoms with Crippen LogP contribution in [0.15, 0.2) is 34.9 Å². The molecule has 110 valence electrons. The highest BCUT2D eigenvalue weighted by molar-refractivity contribution is 5.89. The van der Waals surface area contributed by atoms with Gasteiger partial charge in [0.05, 0.1) is 11.7 Å². The van der Waals surface area contributed by atoms with Crippen molar-refractivity contribution in [3.63, 3.8) is 0 Å². The fourth-order valence-electron chi connectivity index (χ4n) is 2.68. The molecule has 0 saturated carbocycles. The van der Waals surface area contributed by atoms with Crippen LogP contribution in [-0.2, 0) is 0 Å². The van der Waals surface area contributed by atoms with E-state index in [0.717, 1.165) is 36.5 Å². The number of hydrogen-bond acceptors (Lipinski definition) is 3. The minimum absolute atomic E-state index is 0.0170. The first-order valence-electron chi connectivity index (χ1n) is 7.21. The predicted octanol–water partition coefficient (Wildman–Crippen LogP) is 3.66. The van der Waals surface area contributed by atoms with Gasteiger partial charge in [0.15, 0.2) is 5.76 Å². The van der Waals surface area contributed by atoms with Crippen molar-refractivity contribution in [3.8, 4) is 0 Å². The van der Waals surface area contributed by atoms with E-state index in [1.54, 1.807) is 0 Å². The fraction of sp³-hybridized carbons (Fsp3) is 0.375. The Morgan fingerprint density at radius 2 is 2.10 bits per heavy atom. The van der Waals surface area contributed by atoms with E-state index >= 15 is 0 Å². The van der Waals surface area contributed by atoms with Crippen molar-refractivity contribution in [1.82, 2.24) is 10.1 Å². The van der Waals surface area contributed by atoms with E-state index in [1.807, 2.05) is 49.1 Å². The molecule has 0 bridgehead atoms. The van der Waals surface area contributed by atoms with Crippen LogP contribution in [0.4, 0.5) is 10.5 Å². The van der Waals surface area contributed by atoms with Gasteiger partial charge in [-0.3, -0.25) is 0 Å². The molecule has 1 N–H and O–H groups in total. The Kier molecular flexibility index (Phi) is 3.64. The largest absolute Gasteiger partial charge is 0.359 e. The van der Waals surface area contributed by atoms with Gasteiger partial charge in [-0.2, -0.15) is 0 Å². The van der Waals surface area contributed by atoms with Gasteiger partial charge in [0, 0.05) is 18.3 Å². The Bertz CT molecular complexity index is 633. The Morgan fingerprint density at radius 1 is 1.33 bits per heavy atom. The number of aryl methyl sites for hydroxylation is 2. The fourth-order valence-corrected chi connectivity index (χ4v) is 2.68. The molecule has 1 fully saturated rings. The summed E-state index contributed by atoms with van der Waals surface area (Å²) in [5, 5.41) is 6.86. The minimum atomic E-state index is -0.0876. The SMILES string of the molecule is Cc1ccc(NC(=O)N2CCCC2c2cc(C)no2)cc1. The van der Waals surface area contributed by atoms with Crippen molar-refractivity contribution < 1.29 is 9.32 Å². The van der Waals surface area contributed by atoms with Gasteiger partial charge in [-0.05, 0) is 38.8 Å². The average Bonchev–Trinajstić information content (AvgIpc) is 3.09. The van der Waals surface area contributed by atoms with Crippen LogP contribution < -0.4 is 5.32 Å². The molecule has 0 aliphatic carbocycles. The number of carbonyl (C=O) groups excluding carboxylic acids is 1. The molecule has 1 atom stereocenters. The van der Waals surface area contributed by atoms with Gasteiger partial charge in [0.2, 0.25) is 0 Å². The number of nitrogens with one attached hydrogen (secondary N) is 1. The number of nitrogens with zero attached hydrogens (tertiary/aromatic N) is 2. The average molecular weight is 285 g/mol. The highest BCUT2D eigenvalue weighted by Gasteiger charge is 2.32. The number of carbonyl (C=O) groups is 1. The number of likely N-dealkylation sites (tertiary alicyclic amines) is 1. The van der Waals surface area contributed by atoms with Crippen molar-refractivity contribution in [3.05, 3.63) is 47.3 Å². The first-order valence-corrected chi connectivity index (χ1v) is 7.21. The number of rotatable bonds is 2. The van der Waals surface area contributed by atoms with Crippen LogP contribution in [0.25, 0.3) is 0 Å². The second-order valence-corrected chi connectivity index (χ2v) is 5.52. The van der Waals surface area contributed by atoms with E-state index < -0.39 is 0 Å². The second kappa shape index (κ2) is 5.60. The molecule has 0 radical (unpaired) electrons. The highest BCUT2D eigenvalue weighted by Crippen LogP contribution is 2.32. The normalized spacial score (nSPS) is 18.0. The van der Waals surface area contributed by atoms with Crippen LogP contribution in [0.1, 0.15) is 35.9 Å². The summed E-state index contributed by atoms with van der Waals surface area (Å²) in [5.41, 5.74) is 2.82. The molecular weight excluding hydrogens is 266 g/mol. The van der Waals surface area contributed by atoms with E-state index in [9.17, 15) is 4.79 Å². The van der Waals surface area contributed by atoms with Crippen molar-refractivity contribution in [1.29, 1.82) is 0 Å². The molecule has 2 aromatic rings. The number of anilines is 1. The zero-order chi connectivity index (χ0) is 14.8. The standard InChI is InChI=1S/C16H19N3O2/c1-11-5-7-13(8-6-11)17-16(20)19-9-3-4-14(19)15-10-12(2)18-21-15/h5-8,10,14H,3-4,9H2,1-2H3,(H,17,20). The van der Waals surface area contributed by atoms with Gasteiger partial charge in [-0.25, -0.2) is 4.79 Å². The lowest BCUT2D eigenvalue weighted by Crippen LogP contribution is -2.34. The molecule has 1 aromatic heterocycles. The second-order valence-electron chi connectivity index (χ2n) is 5.52. The summed E-state index contributed by atoms with van der Waals surface area (Å²) < 4.78 is 5.32. The minimum Gasteiger partial charge on any atom is -0.359 e. The molecule has 1 aliphatic heterocycles. The molecule has 1 saturated heterocycles. The lowest BCUT2D eigenvalue weighted by atomic mass is 10.1. The number of amides is 2. The van der Waals surface area contributed by atoms with Crippen molar-refractivity contribution in [2.75, 3.05) is 11.9 Å². The van der Waals surface area contributed by atoms with Gasteiger partial charge in [0.25, 0.3) is 0 Å². The van der Waals surface area contributed by atoms with E-state index in [4.69, 9.17) is 4.52 Å². The van der Waals surface area contributed by atoms with Crippen molar-refractivity contribution >= 4 is 11.7 Å². The van der Waals surface area contributed by atoms with E-state index in [-0.39, 0.29) is 12.1 Å². The predicted molar refractivity (Wildman–Crippen MR) is 80.1 cm³/mol. The lowest BCUT2D eigenvalue weighted by molar-refractivity contribution is 0.195. The van der Waals surface area contributed by atoms with Gasteiger partial charge in [-0.1, -0.05) is 22.9 Å². The molecule has 5 nitrogen and oxygen atoms in total. The number of hydrogen-bond donors (Lipinski definition) is 1. The molecular formula is C16H19N3O2. The Labute approximate surface area is 123 Å². The molecule has 1 aliphatic rings. The quantitative estimate of drug-likeness (QED) is 0.916. The molecule has 5 heteroatoms. The lowest BCUT2D eigenvalue weighted by Gasteiger charge is -2.23. The summed E-state index contributed by atoms with van der Waals surface area (Å²) in [6.45, 7) is 4.65. The number of benzene rings is 1. The van der Waals surface area contributed by atoms with Crippen molar-refractivity contribution in [2.24, 2.45) is 0 Å². The monoisotopic (exact) mass is 285 g/mol.